The maximum absolute atomic E-state index is 13.0. The number of aryl methyl sites for hydroxylation is 1. The Bertz CT molecular complexity index is 1270. The quantitative estimate of drug-likeness (QED) is 0.392. The van der Waals surface area contributed by atoms with Crippen molar-refractivity contribution in [2.24, 2.45) is 0 Å². The van der Waals surface area contributed by atoms with Crippen LogP contribution in [0, 0.1) is 6.92 Å². The van der Waals surface area contributed by atoms with E-state index < -0.39 is 0 Å². The third-order valence-electron chi connectivity index (χ3n) is 6.13. The van der Waals surface area contributed by atoms with E-state index in [0.29, 0.717) is 24.4 Å². The number of aromatic nitrogens is 2. The second-order valence-corrected chi connectivity index (χ2v) is 9.48. The fraction of sp³-hybridized carbons (Fsp3) is 0.269. The van der Waals surface area contributed by atoms with Crippen LogP contribution in [0.15, 0.2) is 70.4 Å². The van der Waals surface area contributed by atoms with E-state index in [0.717, 1.165) is 45.9 Å². The monoisotopic (exact) mass is 474 g/mol. The molecule has 1 aliphatic heterocycles. The molecule has 7 nitrogen and oxygen atoms in total. The van der Waals surface area contributed by atoms with Crippen molar-refractivity contribution in [3.05, 3.63) is 83.3 Å². The molecule has 5 rings (SSSR count). The number of nitrogens with zero attached hydrogens (tertiary/aromatic N) is 2. The van der Waals surface area contributed by atoms with Crippen LogP contribution >= 0.6 is 11.8 Å². The lowest BCUT2D eigenvalue weighted by molar-refractivity contribution is 0.0695. The van der Waals surface area contributed by atoms with Crippen LogP contribution in [-0.4, -0.2) is 45.8 Å². The molecule has 0 spiro atoms. The number of aromatic amines is 1. The van der Waals surface area contributed by atoms with E-state index in [1.807, 2.05) is 60.4 Å². The largest absolute Gasteiger partial charge is 0.459 e. The number of piperidine rings is 1. The topological polar surface area (TPSA) is 91.2 Å². The van der Waals surface area contributed by atoms with Crippen molar-refractivity contribution in [1.29, 1.82) is 0 Å². The molecule has 0 radical (unpaired) electrons. The van der Waals surface area contributed by atoms with Crippen molar-refractivity contribution >= 4 is 34.6 Å². The molecule has 34 heavy (non-hydrogen) atoms. The lowest BCUT2D eigenvalue weighted by atomic mass is 10.0. The van der Waals surface area contributed by atoms with Crippen molar-refractivity contribution in [1.82, 2.24) is 20.2 Å². The van der Waals surface area contributed by atoms with E-state index in [1.54, 1.807) is 17.8 Å². The van der Waals surface area contributed by atoms with Gasteiger partial charge in [0, 0.05) is 36.0 Å². The summed E-state index contributed by atoms with van der Waals surface area (Å²) in [4.78, 5) is 35.1. The molecule has 1 aliphatic rings. The lowest BCUT2D eigenvalue weighted by Gasteiger charge is -2.32. The summed E-state index contributed by atoms with van der Waals surface area (Å²) < 4.78 is 5.27. The van der Waals surface area contributed by atoms with Crippen LogP contribution in [0.5, 0.6) is 0 Å². The fourth-order valence-corrected chi connectivity index (χ4v) is 5.00. The molecule has 3 heterocycles. The minimum absolute atomic E-state index is 0.0307. The van der Waals surface area contributed by atoms with Gasteiger partial charge in [-0.25, -0.2) is 4.98 Å². The van der Waals surface area contributed by atoms with Crippen LogP contribution in [0.4, 0.5) is 0 Å². The Hall–Kier alpha value is -3.52. The predicted molar refractivity (Wildman–Crippen MR) is 132 cm³/mol. The van der Waals surface area contributed by atoms with Crippen LogP contribution in [0.2, 0.25) is 0 Å². The van der Waals surface area contributed by atoms with Crippen LogP contribution in [-0.2, 0) is 5.75 Å². The van der Waals surface area contributed by atoms with Crippen LogP contribution < -0.4 is 5.32 Å². The van der Waals surface area contributed by atoms with Gasteiger partial charge in [-0.2, -0.15) is 0 Å². The van der Waals surface area contributed by atoms with Crippen molar-refractivity contribution in [3.63, 3.8) is 0 Å². The third-order valence-corrected chi connectivity index (χ3v) is 7.07. The predicted octanol–water partition coefficient (Wildman–Crippen LogP) is 4.79. The number of hydrogen-bond acceptors (Lipinski definition) is 5. The molecule has 1 saturated heterocycles. The SMILES string of the molecule is Cc1ccoc1C(=O)NC1CCN(C(=O)c2ccc(CSc3nc4ccccc4[nH]3)cc2)CC1. The normalized spacial score (nSPS) is 14.4. The zero-order valence-corrected chi connectivity index (χ0v) is 19.7. The number of thioether (sulfide) groups is 1. The number of carbonyl (C=O) groups is 2. The van der Waals surface area contributed by atoms with Crippen molar-refractivity contribution < 1.29 is 14.0 Å². The van der Waals surface area contributed by atoms with Gasteiger partial charge >= 0.3 is 0 Å². The molecule has 0 unspecified atom stereocenters. The molecule has 1 fully saturated rings. The van der Waals surface area contributed by atoms with Crippen LogP contribution in [0.1, 0.15) is 44.9 Å². The number of hydrogen-bond donors (Lipinski definition) is 2. The Labute approximate surface area is 201 Å². The number of carbonyl (C=O) groups excluding carboxylic acids is 2. The summed E-state index contributed by atoms with van der Waals surface area (Å²) in [5, 5.41) is 3.91. The molecular formula is C26H26N4O3S. The first kappa shape index (κ1) is 22.3. The summed E-state index contributed by atoms with van der Waals surface area (Å²) >= 11 is 1.64. The summed E-state index contributed by atoms with van der Waals surface area (Å²) in [5.41, 5.74) is 4.64. The van der Waals surface area contributed by atoms with E-state index >= 15 is 0 Å². The first-order valence-electron chi connectivity index (χ1n) is 11.4. The molecule has 174 valence electrons. The minimum Gasteiger partial charge on any atom is -0.459 e. The number of H-pyrrole nitrogens is 1. The van der Waals surface area contributed by atoms with E-state index in [-0.39, 0.29) is 17.9 Å². The number of fused-ring (bicyclic) bond motifs is 1. The molecule has 2 aromatic carbocycles. The van der Waals surface area contributed by atoms with E-state index in [4.69, 9.17) is 4.42 Å². The Kier molecular flexibility index (Phi) is 6.40. The Morgan fingerprint density at radius 2 is 1.88 bits per heavy atom. The Morgan fingerprint density at radius 1 is 1.12 bits per heavy atom. The molecule has 2 aromatic heterocycles. The number of likely N-dealkylation sites (tertiary alicyclic amines) is 1. The van der Waals surface area contributed by atoms with Gasteiger partial charge in [0.1, 0.15) is 0 Å². The van der Waals surface area contributed by atoms with Gasteiger partial charge in [0.2, 0.25) is 0 Å². The maximum Gasteiger partial charge on any atom is 0.287 e. The zero-order chi connectivity index (χ0) is 23.5. The number of para-hydroxylation sites is 2. The van der Waals surface area contributed by atoms with Crippen LogP contribution in [0.25, 0.3) is 11.0 Å². The standard InChI is InChI=1S/C26H26N4O3S/c1-17-12-15-33-23(17)24(31)27-20-10-13-30(14-11-20)25(32)19-8-6-18(7-9-19)16-34-26-28-21-4-2-3-5-22(21)29-26/h2-9,12,15,20H,10-11,13-14,16H2,1H3,(H,27,31)(H,28,29). The number of furan rings is 1. The van der Waals surface area contributed by atoms with E-state index in [2.05, 4.69) is 15.3 Å². The van der Waals surface area contributed by atoms with Gasteiger partial charge in [-0.05, 0) is 55.7 Å². The van der Waals surface area contributed by atoms with Gasteiger partial charge in [-0.1, -0.05) is 36.0 Å². The first-order chi connectivity index (χ1) is 16.6. The number of benzene rings is 2. The fourth-order valence-electron chi connectivity index (χ4n) is 4.16. The van der Waals surface area contributed by atoms with Crippen molar-refractivity contribution in [3.8, 4) is 0 Å². The molecule has 0 aliphatic carbocycles. The van der Waals surface area contributed by atoms with Gasteiger partial charge in [0.25, 0.3) is 11.8 Å². The molecule has 2 amide bonds. The average molecular weight is 475 g/mol. The van der Waals surface area contributed by atoms with Gasteiger partial charge in [-0.3, -0.25) is 9.59 Å². The number of rotatable bonds is 6. The zero-order valence-electron chi connectivity index (χ0n) is 18.9. The smallest absolute Gasteiger partial charge is 0.287 e. The number of amides is 2. The summed E-state index contributed by atoms with van der Waals surface area (Å²) in [5.74, 6) is 0.970. The molecule has 8 heteroatoms. The molecular weight excluding hydrogens is 448 g/mol. The highest BCUT2D eigenvalue weighted by Crippen LogP contribution is 2.23. The number of imidazole rings is 1. The van der Waals surface area contributed by atoms with Gasteiger partial charge in [-0.15, -0.1) is 0 Å². The molecule has 0 bridgehead atoms. The van der Waals surface area contributed by atoms with Crippen LogP contribution in [0.3, 0.4) is 0 Å². The highest BCUT2D eigenvalue weighted by atomic mass is 32.2. The second-order valence-electron chi connectivity index (χ2n) is 8.52. The summed E-state index contributed by atoms with van der Waals surface area (Å²) in [6.45, 7) is 3.08. The molecule has 0 saturated carbocycles. The maximum atomic E-state index is 13.0. The highest BCUT2D eigenvalue weighted by Gasteiger charge is 2.26. The molecule has 0 atom stereocenters. The van der Waals surface area contributed by atoms with E-state index in [1.165, 1.54) is 6.26 Å². The molecule has 2 N–H and O–H groups in total. The summed E-state index contributed by atoms with van der Waals surface area (Å²) in [6, 6.07) is 17.6. The minimum atomic E-state index is -0.191. The lowest BCUT2D eigenvalue weighted by Crippen LogP contribution is -2.46. The van der Waals surface area contributed by atoms with Gasteiger partial charge in [0.15, 0.2) is 10.9 Å². The van der Waals surface area contributed by atoms with Crippen molar-refractivity contribution in [2.75, 3.05) is 13.1 Å². The Morgan fingerprint density at radius 3 is 2.59 bits per heavy atom. The van der Waals surface area contributed by atoms with Gasteiger partial charge < -0.3 is 19.6 Å². The Balaban J connectivity index is 1.12. The highest BCUT2D eigenvalue weighted by molar-refractivity contribution is 7.98. The average Bonchev–Trinajstić information content (AvgIpc) is 3.49. The second kappa shape index (κ2) is 9.77. The van der Waals surface area contributed by atoms with Crippen molar-refractivity contribution in [2.45, 2.75) is 36.7 Å². The third kappa shape index (κ3) is 4.87. The first-order valence-corrected chi connectivity index (χ1v) is 12.4. The van der Waals surface area contributed by atoms with E-state index in [9.17, 15) is 9.59 Å². The number of nitrogens with one attached hydrogen (secondary N) is 2. The summed E-state index contributed by atoms with van der Waals surface area (Å²) in [6.07, 6.45) is 2.97. The summed E-state index contributed by atoms with van der Waals surface area (Å²) in [7, 11) is 0. The molecule has 4 aromatic rings. The van der Waals surface area contributed by atoms with Gasteiger partial charge in [0.05, 0.1) is 17.3 Å².